The highest BCUT2D eigenvalue weighted by molar-refractivity contribution is 6.07. The van der Waals surface area contributed by atoms with Crippen LogP contribution in [0.5, 0.6) is 0 Å². The monoisotopic (exact) mass is 283 g/mol. The molecule has 0 saturated carbocycles. The van der Waals surface area contributed by atoms with Crippen molar-refractivity contribution in [1.29, 1.82) is 0 Å². The molecule has 21 heavy (non-hydrogen) atoms. The Balaban J connectivity index is 2.27. The molecule has 0 atom stereocenters. The van der Waals surface area contributed by atoms with Gasteiger partial charge < -0.3 is 10.6 Å². The van der Waals surface area contributed by atoms with Crippen LogP contribution in [-0.2, 0) is 0 Å². The third-order valence-corrected chi connectivity index (χ3v) is 3.13. The van der Waals surface area contributed by atoms with Crippen molar-refractivity contribution >= 4 is 17.4 Å². The lowest BCUT2D eigenvalue weighted by Crippen LogP contribution is -2.16. The maximum atomic E-state index is 12.5. The molecular weight excluding hydrogens is 262 g/mol. The molecule has 2 N–H and O–H groups in total. The molecule has 0 aliphatic rings. The van der Waals surface area contributed by atoms with E-state index < -0.39 is 0 Å². The molecule has 2 rings (SSSR count). The molecule has 0 fully saturated rings. The van der Waals surface area contributed by atoms with Crippen molar-refractivity contribution in [2.24, 2.45) is 0 Å². The Bertz CT molecular complexity index is 645. The predicted molar refractivity (Wildman–Crippen MR) is 87.0 cm³/mol. The topological polar surface area (TPSA) is 54.0 Å². The van der Waals surface area contributed by atoms with Crippen LogP contribution in [0.1, 0.15) is 34.1 Å². The fourth-order valence-electron chi connectivity index (χ4n) is 2.28. The Morgan fingerprint density at radius 1 is 1.10 bits per heavy atom. The molecule has 2 aromatic rings. The van der Waals surface area contributed by atoms with Crippen LogP contribution >= 0.6 is 0 Å². The van der Waals surface area contributed by atoms with Gasteiger partial charge in [-0.1, -0.05) is 6.07 Å². The summed E-state index contributed by atoms with van der Waals surface area (Å²) in [5.41, 5.74) is 4.56. The lowest BCUT2D eigenvalue weighted by atomic mass is 10.1. The Morgan fingerprint density at radius 2 is 1.86 bits per heavy atom. The van der Waals surface area contributed by atoms with Gasteiger partial charge in [0.1, 0.15) is 5.82 Å². The summed E-state index contributed by atoms with van der Waals surface area (Å²) in [6.45, 7) is 8.69. The maximum absolute atomic E-state index is 12.5. The number of hydrogen-bond donors (Lipinski definition) is 2. The van der Waals surface area contributed by atoms with Crippen molar-refractivity contribution < 1.29 is 4.79 Å². The third-order valence-electron chi connectivity index (χ3n) is 3.13. The number of hydrogen-bond acceptors (Lipinski definition) is 3. The van der Waals surface area contributed by atoms with E-state index in [1.165, 1.54) is 0 Å². The number of amides is 1. The van der Waals surface area contributed by atoms with Gasteiger partial charge >= 0.3 is 0 Å². The van der Waals surface area contributed by atoms with Gasteiger partial charge in [0.15, 0.2) is 0 Å². The number of carbonyl (C=O) groups is 1. The smallest absolute Gasteiger partial charge is 0.258 e. The molecule has 1 aromatic heterocycles. The van der Waals surface area contributed by atoms with Gasteiger partial charge in [-0.25, -0.2) is 4.98 Å². The fourth-order valence-corrected chi connectivity index (χ4v) is 2.28. The molecule has 0 aliphatic heterocycles. The van der Waals surface area contributed by atoms with Crippen LogP contribution in [0.2, 0.25) is 0 Å². The van der Waals surface area contributed by atoms with Crippen LogP contribution in [0.3, 0.4) is 0 Å². The van der Waals surface area contributed by atoms with E-state index >= 15 is 0 Å². The van der Waals surface area contributed by atoms with Crippen molar-refractivity contribution in [3.63, 3.8) is 0 Å². The highest BCUT2D eigenvalue weighted by Gasteiger charge is 2.12. The average molecular weight is 283 g/mol. The Morgan fingerprint density at radius 3 is 2.52 bits per heavy atom. The van der Waals surface area contributed by atoms with Gasteiger partial charge in [0.2, 0.25) is 0 Å². The van der Waals surface area contributed by atoms with Crippen LogP contribution in [0.25, 0.3) is 0 Å². The van der Waals surface area contributed by atoms with E-state index in [-0.39, 0.29) is 5.91 Å². The molecule has 0 aliphatic carbocycles. The van der Waals surface area contributed by atoms with Gasteiger partial charge in [-0.05, 0) is 63.1 Å². The van der Waals surface area contributed by atoms with Crippen LogP contribution in [0.4, 0.5) is 11.5 Å². The summed E-state index contributed by atoms with van der Waals surface area (Å²) in [7, 11) is 0. The second-order valence-electron chi connectivity index (χ2n) is 5.20. The lowest BCUT2D eigenvalue weighted by molar-refractivity contribution is 0.102. The SMILES string of the molecule is CCNc1cc(C)ccc1C(=O)Nc1cc(C)cc(C)n1. The summed E-state index contributed by atoms with van der Waals surface area (Å²) >= 11 is 0. The van der Waals surface area contributed by atoms with E-state index in [1.807, 2.05) is 58.0 Å². The predicted octanol–water partition coefficient (Wildman–Crippen LogP) is 3.69. The molecule has 1 aromatic carbocycles. The number of anilines is 2. The quantitative estimate of drug-likeness (QED) is 0.899. The van der Waals surface area contributed by atoms with E-state index in [0.29, 0.717) is 11.4 Å². The van der Waals surface area contributed by atoms with E-state index in [1.54, 1.807) is 0 Å². The highest BCUT2D eigenvalue weighted by Crippen LogP contribution is 2.19. The van der Waals surface area contributed by atoms with E-state index in [0.717, 1.165) is 29.1 Å². The van der Waals surface area contributed by atoms with Gasteiger partial charge in [0, 0.05) is 17.9 Å². The molecule has 1 amide bonds. The fraction of sp³-hybridized carbons (Fsp3) is 0.294. The Kier molecular flexibility index (Phi) is 4.58. The Labute approximate surface area is 125 Å². The first-order valence-electron chi connectivity index (χ1n) is 7.10. The van der Waals surface area contributed by atoms with Gasteiger partial charge in [0.05, 0.1) is 5.56 Å². The molecule has 1 heterocycles. The van der Waals surface area contributed by atoms with Crippen molar-refractivity contribution in [1.82, 2.24) is 4.98 Å². The minimum Gasteiger partial charge on any atom is -0.385 e. The molecule has 4 heteroatoms. The molecule has 4 nitrogen and oxygen atoms in total. The summed E-state index contributed by atoms with van der Waals surface area (Å²) in [6.07, 6.45) is 0. The van der Waals surface area contributed by atoms with Crippen molar-refractivity contribution in [2.75, 3.05) is 17.2 Å². The number of aromatic nitrogens is 1. The second-order valence-corrected chi connectivity index (χ2v) is 5.20. The van der Waals surface area contributed by atoms with Gasteiger partial charge in [-0.15, -0.1) is 0 Å². The zero-order chi connectivity index (χ0) is 15.4. The largest absolute Gasteiger partial charge is 0.385 e. The van der Waals surface area contributed by atoms with Crippen molar-refractivity contribution in [3.05, 3.63) is 52.7 Å². The first-order valence-corrected chi connectivity index (χ1v) is 7.10. The average Bonchev–Trinajstić information content (AvgIpc) is 2.37. The lowest BCUT2D eigenvalue weighted by Gasteiger charge is -2.12. The zero-order valence-electron chi connectivity index (χ0n) is 12.9. The van der Waals surface area contributed by atoms with E-state index in [9.17, 15) is 4.79 Å². The van der Waals surface area contributed by atoms with Gasteiger partial charge in [0.25, 0.3) is 5.91 Å². The summed E-state index contributed by atoms with van der Waals surface area (Å²) in [6, 6.07) is 9.60. The number of aryl methyl sites for hydroxylation is 3. The maximum Gasteiger partial charge on any atom is 0.258 e. The zero-order valence-corrected chi connectivity index (χ0v) is 12.9. The Hall–Kier alpha value is -2.36. The summed E-state index contributed by atoms with van der Waals surface area (Å²) < 4.78 is 0. The van der Waals surface area contributed by atoms with Crippen LogP contribution in [-0.4, -0.2) is 17.4 Å². The number of nitrogens with zero attached hydrogens (tertiary/aromatic N) is 1. The van der Waals surface area contributed by atoms with Gasteiger partial charge in [-0.2, -0.15) is 0 Å². The van der Waals surface area contributed by atoms with Crippen LogP contribution in [0, 0.1) is 20.8 Å². The molecule has 110 valence electrons. The minimum absolute atomic E-state index is 0.150. The molecule has 0 radical (unpaired) electrons. The van der Waals surface area contributed by atoms with Crippen LogP contribution in [0.15, 0.2) is 30.3 Å². The molecular formula is C17H21N3O. The molecule has 0 saturated heterocycles. The third kappa shape index (κ3) is 3.81. The summed E-state index contributed by atoms with van der Waals surface area (Å²) in [4.78, 5) is 16.8. The van der Waals surface area contributed by atoms with E-state index in [4.69, 9.17) is 0 Å². The number of benzene rings is 1. The van der Waals surface area contributed by atoms with Crippen LogP contribution < -0.4 is 10.6 Å². The number of nitrogens with one attached hydrogen (secondary N) is 2. The molecule has 0 bridgehead atoms. The number of pyridine rings is 1. The summed E-state index contributed by atoms with van der Waals surface area (Å²) in [5.74, 6) is 0.434. The second kappa shape index (κ2) is 6.39. The summed E-state index contributed by atoms with van der Waals surface area (Å²) in [5, 5.41) is 6.09. The molecule has 0 spiro atoms. The van der Waals surface area contributed by atoms with Gasteiger partial charge in [-0.3, -0.25) is 4.79 Å². The standard InChI is InChI=1S/C17H21N3O/c1-5-18-15-9-11(2)6-7-14(15)17(21)20-16-10-12(3)8-13(4)19-16/h6-10,18H,5H2,1-4H3,(H,19,20,21). The molecule has 0 unspecified atom stereocenters. The first-order chi connectivity index (χ1) is 9.99. The minimum atomic E-state index is -0.150. The first kappa shape index (κ1) is 15.0. The number of carbonyl (C=O) groups excluding carboxylic acids is 1. The van der Waals surface area contributed by atoms with Crippen molar-refractivity contribution in [3.8, 4) is 0 Å². The number of rotatable bonds is 4. The highest BCUT2D eigenvalue weighted by atomic mass is 16.1. The van der Waals surface area contributed by atoms with E-state index in [2.05, 4.69) is 15.6 Å². The van der Waals surface area contributed by atoms with Crippen molar-refractivity contribution in [2.45, 2.75) is 27.7 Å². The normalized spacial score (nSPS) is 10.3.